The molecule has 4 nitrogen and oxygen atoms in total. The van der Waals surface area contributed by atoms with E-state index in [-0.39, 0.29) is 6.61 Å². The van der Waals surface area contributed by atoms with Crippen molar-refractivity contribution >= 4 is 0 Å². The Morgan fingerprint density at radius 3 is 2.31 bits per heavy atom. The number of hydrogen-bond acceptors (Lipinski definition) is 4. The Kier molecular flexibility index (Phi) is 7.17. The fraction of sp³-hybridized carbons (Fsp3) is 1.00. The molecule has 0 heterocycles. The second-order valence-electron chi connectivity index (χ2n) is 3.15. The minimum Gasteiger partial charge on any atom is -0.389 e. The van der Waals surface area contributed by atoms with Crippen LogP contribution in [-0.4, -0.2) is 60.7 Å². The van der Waals surface area contributed by atoms with Gasteiger partial charge in [-0.1, -0.05) is 6.92 Å². The van der Waals surface area contributed by atoms with Crippen LogP contribution in [0.2, 0.25) is 0 Å². The molecule has 0 bridgehead atoms. The van der Waals surface area contributed by atoms with E-state index in [0.29, 0.717) is 13.2 Å². The first-order valence-electron chi connectivity index (χ1n) is 4.74. The molecule has 0 saturated carbocycles. The van der Waals surface area contributed by atoms with Crippen LogP contribution in [0.1, 0.15) is 13.8 Å². The van der Waals surface area contributed by atoms with Gasteiger partial charge in [0.1, 0.15) is 6.10 Å². The van der Waals surface area contributed by atoms with Crippen molar-refractivity contribution in [1.82, 2.24) is 4.90 Å². The van der Waals surface area contributed by atoms with E-state index in [1.165, 1.54) is 0 Å². The Balaban J connectivity index is 3.61. The zero-order valence-electron chi connectivity index (χ0n) is 8.73. The van der Waals surface area contributed by atoms with Gasteiger partial charge in [0.25, 0.3) is 0 Å². The van der Waals surface area contributed by atoms with Crippen molar-refractivity contribution in [2.24, 2.45) is 0 Å². The number of hydrogen-bond donors (Lipinski definition) is 2. The lowest BCUT2D eigenvalue weighted by Gasteiger charge is -2.22. The fourth-order valence-electron chi connectivity index (χ4n) is 0.920. The minimum atomic E-state index is -0.783. The molecule has 0 aromatic rings. The third kappa shape index (κ3) is 5.99. The van der Waals surface area contributed by atoms with E-state index in [1.807, 2.05) is 25.8 Å². The van der Waals surface area contributed by atoms with Crippen molar-refractivity contribution < 1.29 is 14.9 Å². The van der Waals surface area contributed by atoms with Gasteiger partial charge >= 0.3 is 0 Å². The summed E-state index contributed by atoms with van der Waals surface area (Å²) in [5, 5.41) is 18.9. The van der Waals surface area contributed by atoms with Crippen LogP contribution in [-0.2, 0) is 4.74 Å². The molecule has 0 aliphatic carbocycles. The summed E-state index contributed by atoms with van der Waals surface area (Å²) in [6, 6.07) is 0. The molecule has 0 radical (unpaired) electrons. The van der Waals surface area contributed by atoms with E-state index >= 15 is 0 Å². The molecule has 13 heavy (non-hydrogen) atoms. The van der Waals surface area contributed by atoms with Gasteiger partial charge < -0.3 is 19.8 Å². The van der Waals surface area contributed by atoms with Crippen molar-refractivity contribution in [2.75, 3.05) is 33.4 Å². The highest BCUT2D eigenvalue weighted by Crippen LogP contribution is 1.97. The van der Waals surface area contributed by atoms with Crippen LogP contribution in [0.25, 0.3) is 0 Å². The highest BCUT2D eigenvalue weighted by Gasteiger charge is 2.17. The van der Waals surface area contributed by atoms with Crippen molar-refractivity contribution in [3.8, 4) is 0 Å². The lowest BCUT2D eigenvalue weighted by atomic mass is 10.2. The molecule has 0 saturated heterocycles. The van der Waals surface area contributed by atoms with Crippen LogP contribution in [0.15, 0.2) is 0 Å². The molecule has 0 spiro atoms. The number of rotatable bonds is 7. The highest BCUT2D eigenvalue weighted by atomic mass is 16.5. The van der Waals surface area contributed by atoms with Gasteiger partial charge in [0.05, 0.1) is 12.7 Å². The summed E-state index contributed by atoms with van der Waals surface area (Å²) < 4.78 is 5.00. The molecule has 0 amide bonds. The molecule has 2 N–H and O–H groups in total. The van der Waals surface area contributed by atoms with E-state index in [0.717, 1.165) is 6.54 Å². The lowest BCUT2D eigenvalue weighted by molar-refractivity contribution is -0.0444. The predicted molar refractivity (Wildman–Crippen MR) is 51.7 cm³/mol. The number of aliphatic hydroxyl groups is 2. The quantitative estimate of drug-likeness (QED) is 0.580. The number of likely N-dealkylation sites (N-methyl/N-ethyl adjacent to an activating group) is 1. The first kappa shape index (κ1) is 12.8. The largest absolute Gasteiger partial charge is 0.389 e. The minimum absolute atomic E-state index is 0.204. The molecule has 0 aliphatic rings. The normalized spacial score (nSPS) is 16.2. The lowest BCUT2D eigenvalue weighted by Crippen LogP contribution is -2.39. The van der Waals surface area contributed by atoms with E-state index in [1.54, 1.807) is 0 Å². The Labute approximate surface area is 80.1 Å². The average molecular weight is 191 g/mol. The molecule has 0 rings (SSSR count). The molecule has 80 valence electrons. The second-order valence-corrected chi connectivity index (χ2v) is 3.15. The first-order chi connectivity index (χ1) is 6.11. The molecule has 0 fully saturated rings. The predicted octanol–water partition coefficient (Wildman–Crippen LogP) is -0.304. The monoisotopic (exact) mass is 191 g/mol. The Morgan fingerprint density at radius 1 is 1.23 bits per heavy atom. The van der Waals surface area contributed by atoms with Gasteiger partial charge in [0.2, 0.25) is 0 Å². The van der Waals surface area contributed by atoms with Gasteiger partial charge in [0.15, 0.2) is 0 Å². The number of aliphatic hydroxyl groups excluding tert-OH is 2. The molecular weight excluding hydrogens is 170 g/mol. The van der Waals surface area contributed by atoms with Crippen LogP contribution in [0.5, 0.6) is 0 Å². The van der Waals surface area contributed by atoms with Crippen molar-refractivity contribution in [2.45, 2.75) is 26.1 Å². The molecule has 0 aromatic heterocycles. The van der Waals surface area contributed by atoms with E-state index in [2.05, 4.69) is 0 Å². The van der Waals surface area contributed by atoms with Gasteiger partial charge in [-0.05, 0) is 20.5 Å². The molecular formula is C9H21NO3. The summed E-state index contributed by atoms with van der Waals surface area (Å²) in [6.45, 7) is 5.96. The fourth-order valence-corrected chi connectivity index (χ4v) is 0.920. The third-order valence-corrected chi connectivity index (χ3v) is 1.98. The van der Waals surface area contributed by atoms with Crippen molar-refractivity contribution in [1.29, 1.82) is 0 Å². The Morgan fingerprint density at radius 2 is 1.85 bits per heavy atom. The summed E-state index contributed by atoms with van der Waals surface area (Å²) >= 11 is 0. The van der Waals surface area contributed by atoms with Crippen LogP contribution >= 0.6 is 0 Å². The van der Waals surface area contributed by atoms with Gasteiger partial charge in [-0.15, -0.1) is 0 Å². The topological polar surface area (TPSA) is 52.9 Å². The maximum atomic E-state index is 9.47. The summed E-state index contributed by atoms with van der Waals surface area (Å²) in [4.78, 5) is 1.94. The second kappa shape index (κ2) is 7.26. The average Bonchev–Trinajstić information content (AvgIpc) is 2.13. The SMILES string of the molecule is CCOCC(O)C(O)CN(C)CC. The standard InChI is InChI=1S/C9H21NO3/c1-4-10(3)6-8(11)9(12)7-13-5-2/h8-9,11-12H,4-7H2,1-3H3. The molecule has 2 atom stereocenters. The van der Waals surface area contributed by atoms with Crippen molar-refractivity contribution in [3.63, 3.8) is 0 Å². The zero-order chi connectivity index (χ0) is 10.3. The Bertz CT molecular complexity index is 121. The highest BCUT2D eigenvalue weighted by molar-refractivity contribution is 4.69. The first-order valence-corrected chi connectivity index (χ1v) is 4.74. The zero-order valence-corrected chi connectivity index (χ0v) is 8.73. The van der Waals surface area contributed by atoms with Gasteiger partial charge in [-0.25, -0.2) is 0 Å². The molecule has 2 unspecified atom stereocenters. The van der Waals surface area contributed by atoms with Crippen molar-refractivity contribution in [3.05, 3.63) is 0 Å². The van der Waals surface area contributed by atoms with Gasteiger partial charge in [-0.2, -0.15) is 0 Å². The molecule has 4 heteroatoms. The summed E-state index contributed by atoms with van der Waals surface area (Å²) in [6.07, 6.45) is -1.51. The Hall–Kier alpha value is -0.160. The third-order valence-electron chi connectivity index (χ3n) is 1.98. The maximum absolute atomic E-state index is 9.47. The smallest absolute Gasteiger partial charge is 0.104 e. The summed E-state index contributed by atoms with van der Waals surface area (Å²) in [5.41, 5.74) is 0. The van der Waals surface area contributed by atoms with Crippen LogP contribution in [0, 0.1) is 0 Å². The maximum Gasteiger partial charge on any atom is 0.104 e. The summed E-state index contributed by atoms with van der Waals surface area (Å²) in [5.74, 6) is 0. The van der Waals surface area contributed by atoms with E-state index < -0.39 is 12.2 Å². The molecule has 0 aliphatic heterocycles. The van der Waals surface area contributed by atoms with Crippen LogP contribution < -0.4 is 0 Å². The van der Waals surface area contributed by atoms with E-state index in [4.69, 9.17) is 4.74 Å². The number of ether oxygens (including phenoxy) is 1. The number of nitrogens with zero attached hydrogens (tertiary/aromatic N) is 1. The van der Waals surface area contributed by atoms with Crippen LogP contribution in [0.4, 0.5) is 0 Å². The van der Waals surface area contributed by atoms with Gasteiger partial charge in [-0.3, -0.25) is 0 Å². The van der Waals surface area contributed by atoms with Crippen LogP contribution in [0.3, 0.4) is 0 Å². The molecule has 0 aromatic carbocycles. The van der Waals surface area contributed by atoms with E-state index in [9.17, 15) is 10.2 Å². The van der Waals surface area contributed by atoms with Gasteiger partial charge in [0, 0.05) is 13.2 Å². The summed E-state index contributed by atoms with van der Waals surface area (Å²) in [7, 11) is 1.90.